The predicted molar refractivity (Wildman–Crippen MR) is 199 cm³/mol. The highest BCUT2D eigenvalue weighted by molar-refractivity contribution is 7.89. The van der Waals surface area contributed by atoms with Gasteiger partial charge in [0.1, 0.15) is 5.75 Å². The zero-order valence-corrected chi connectivity index (χ0v) is 31.6. The van der Waals surface area contributed by atoms with Crippen LogP contribution in [0, 0.1) is 20.8 Å². The quantitative estimate of drug-likeness (QED) is 0.173. The number of carbonyl (C=O) groups is 1. The van der Waals surface area contributed by atoms with E-state index in [-0.39, 0.29) is 41.2 Å². The molecule has 0 saturated carbocycles. The number of hydrogen-bond acceptors (Lipinski definition) is 5. The Hall–Kier alpha value is -3.69. The van der Waals surface area contributed by atoms with Gasteiger partial charge in [-0.05, 0) is 83.2 Å². The molecule has 1 amide bonds. The molecule has 0 unspecified atom stereocenters. The number of halogens is 1. The molecule has 4 rings (SSSR count). The van der Waals surface area contributed by atoms with Crippen molar-refractivity contribution >= 4 is 33.2 Å². The summed E-state index contributed by atoms with van der Waals surface area (Å²) in [5.41, 5.74) is 6.26. The Balaban J connectivity index is 1.86. The van der Waals surface area contributed by atoms with Crippen molar-refractivity contribution in [1.82, 2.24) is 4.31 Å². The van der Waals surface area contributed by atoms with Crippen molar-refractivity contribution in [3.05, 3.63) is 122 Å². The zero-order chi connectivity index (χ0) is 36.5. The zero-order valence-electron chi connectivity index (χ0n) is 30.1. The van der Waals surface area contributed by atoms with E-state index in [1.807, 2.05) is 19.1 Å². The summed E-state index contributed by atoms with van der Waals surface area (Å²) in [7, 11) is -4.17. The molecule has 4 aromatic carbocycles. The van der Waals surface area contributed by atoms with Gasteiger partial charge in [0.25, 0.3) is 0 Å². The number of anilines is 1. The predicted octanol–water partition coefficient (Wildman–Crippen LogP) is 8.48. The van der Waals surface area contributed by atoms with Gasteiger partial charge in [-0.2, -0.15) is 4.31 Å². The maximum absolute atomic E-state index is 14.6. The lowest BCUT2D eigenvalue weighted by atomic mass is 9.79. The fourth-order valence-corrected chi connectivity index (χ4v) is 7.88. The molecule has 7 nitrogen and oxygen atoms in total. The molecule has 0 spiro atoms. The number of aliphatic hydroxyl groups excluding tert-OH is 1. The smallest absolute Gasteiger partial charge is 0.244 e. The highest BCUT2D eigenvalue weighted by Crippen LogP contribution is 2.33. The van der Waals surface area contributed by atoms with Gasteiger partial charge in [0.15, 0.2) is 0 Å². The number of carbonyl (C=O) groups excluding carboxylic acids is 1. The van der Waals surface area contributed by atoms with Crippen LogP contribution in [0.5, 0.6) is 5.75 Å². The number of benzene rings is 4. The van der Waals surface area contributed by atoms with Crippen LogP contribution in [0.3, 0.4) is 0 Å². The maximum atomic E-state index is 14.6. The molecule has 0 bridgehead atoms. The number of hydrogen-bond donors (Lipinski definition) is 2. The van der Waals surface area contributed by atoms with Crippen LogP contribution in [-0.4, -0.2) is 35.4 Å². The largest absolute Gasteiger partial charge is 0.508 e. The topological polar surface area (TPSA) is 98.2 Å². The fourth-order valence-electron chi connectivity index (χ4n) is 5.97. The average molecular weight is 705 g/mol. The molecule has 2 N–H and O–H groups in total. The third-order valence-electron chi connectivity index (χ3n) is 8.70. The number of amides is 1. The first-order chi connectivity index (χ1) is 22.7. The van der Waals surface area contributed by atoms with E-state index in [2.05, 4.69) is 59.7 Å². The van der Waals surface area contributed by atoms with E-state index in [9.17, 15) is 23.4 Å². The number of aryl methyl sites for hydroxylation is 3. The van der Waals surface area contributed by atoms with E-state index in [1.54, 1.807) is 50.2 Å². The first-order valence-electron chi connectivity index (χ1n) is 16.4. The lowest BCUT2D eigenvalue weighted by Crippen LogP contribution is -2.43. The Morgan fingerprint density at radius 3 is 1.80 bits per heavy atom. The van der Waals surface area contributed by atoms with E-state index in [0.29, 0.717) is 33.0 Å². The van der Waals surface area contributed by atoms with E-state index in [0.717, 1.165) is 22.3 Å². The number of aromatic hydroxyl groups is 1. The van der Waals surface area contributed by atoms with Crippen LogP contribution in [0.1, 0.15) is 86.1 Å². The summed E-state index contributed by atoms with van der Waals surface area (Å²) in [5.74, 6) is -0.636. The van der Waals surface area contributed by atoms with Crippen LogP contribution in [0.4, 0.5) is 5.69 Å². The Bertz CT molecular complexity index is 1890. The van der Waals surface area contributed by atoms with Crippen molar-refractivity contribution < 1.29 is 23.4 Å². The highest BCUT2D eigenvalue weighted by Gasteiger charge is 2.32. The second-order valence-electron chi connectivity index (χ2n) is 15.0. The fraction of sp³-hybridized carbons (Fsp3) is 0.375. The summed E-state index contributed by atoms with van der Waals surface area (Å²) in [5, 5.41) is 21.0. The monoisotopic (exact) mass is 704 g/mol. The third kappa shape index (κ3) is 9.11. The highest BCUT2D eigenvalue weighted by atomic mass is 35.5. The van der Waals surface area contributed by atoms with E-state index >= 15 is 0 Å². The number of nitrogens with zero attached hydrogens (tertiary/aromatic N) is 2. The molecular weight excluding hydrogens is 656 g/mol. The molecule has 0 aliphatic heterocycles. The second-order valence-corrected chi connectivity index (χ2v) is 17.3. The minimum Gasteiger partial charge on any atom is -0.508 e. The van der Waals surface area contributed by atoms with E-state index < -0.39 is 22.5 Å². The van der Waals surface area contributed by atoms with Gasteiger partial charge in [-0.1, -0.05) is 107 Å². The third-order valence-corrected chi connectivity index (χ3v) is 11.1. The van der Waals surface area contributed by atoms with Crippen molar-refractivity contribution in [3.63, 3.8) is 0 Å². The van der Waals surface area contributed by atoms with Crippen molar-refractivity contribution in [2.45, 2.75) is 97.7 Å². The molecule has 0 radical (unpaired) electrons. The second kappa shape index (κ2) is 14.7. The Morgan fingerprint density at radius 1 is 0.755 bits per heavy atom. The Morgan fingerprint density at radius 2 is 1.31 bits per heavy atom. The van der Waals surface area contributed by atoms with Gasteiger partial charge in [-0.15, -0.1) is 0 Å². The van der Waals surface area contributed by atoms with Crippen LogP contribution in [0.25, 0.3) is 0 Å². The lowest BCUT2D eigenvalue weighted by Gasteiger charge is -2.30. The number of phenols is 1. The standard InChI is InChI=1S/C40H49ClN2O5S/c1-26-16-27(2)38(28(3)17-26)49(47,48)42(22-29-10-13-34(41)14-11-29)24-37(46)43(35-15-12-31(25-44)36(45)21-35)23-30-18-32(39(4,5)6)20-33(19-30)40(7,8)9/h10-21,44-45H,22-25H2,1-9H3. The van der Waals surface area contributed by atoms with Crippen LogP contribution in [0.15, 0.2) is 77.7 Å². The minimum atomic E-state index is -4.17. The Labute approximate surface area is 297 Å². The summed E-state index contributed by atoms with van der Waals surface area (Å²) >= 11 is 6.15. The molecule has 0 heterocycles. The summed E-state index contributed by atoms with van der Waals surface area (Å²) < 4.78 is 30.2. The summed E-state index contributed by atoms with van der Waals surface area (Å²) in [6, 6.07) is 21.6. The molecule has 0 saturated heterocycles. The average Bonchev–Trinajstić information content (AvgIpc) is 2.98. The van der Waals surface area contributed by atoms with E-state index in [1.165, 1.54) is 15.3 Å². The SMILES string of the molecule is Cc1cc(C)c(S(=O)(=O)N(CC(=O)N(Cc2cc(C(C)(C)C)cc(C(C)(C)C)c2)c2ccc(CO)c(O)c2)Cc2ccc(Cl)cc2)c(C)c1. The number of rotatable bonds is 10. The minimum absolute atomic E-state index is 0.0613. The molecule has 0 fully saturated rings. The molecule has 0 aliphatic rings. The maximum Gasteiger partial charge on any atom is 0.244 e. The van der Waals surface area contributed by atoms with Gasteiger partial charge in [-0.3, -0.25) is 4.79 Å². The number of aliphatic hydroxyl groups is 1. The van der Waals surface area contributed by atoms with Gasteiger partial charge >= 0.3 is 0 Å². The summed E-state index contributed by atoms with van der Waals surface area (Å²) in [4.78, 5) is 16.3. The van der Waals surface area contributed by atoms with Crippen LogP contribution < -0.4 is 4.90 Å². The number of sulfonamides is 1. The summed E-state index contributed by atoms with van der Waals surface area (Å²) in [6.45, 7) is 17.5. The van der Waals surface area contributed by atoms with Crippen LogP contribution >= 0.6 is 11.6 Å². The normalized spacial score (nSPS) is 12.4. The molecule has 0 aliphatic carbocycles. The van der Waals surface area contributed by atoms with Crippen molar-refractivity contribution in [3.8, 4) is 5.75 Å². The van der Waals surface area contributed by atoms with Crippen molar-refractivity contribution in [2.75, 3.05) is 11.4 Å². The Kier molecular flexibility index (Phi) is 11.4. The molecule has 262 valence electrons. The molecular formula is C40H49ClN2O5S. The van der Waals surface area contributed by atoms with Crippen LogP contribution in [-0.2, 0) is 45.3 Å². The van der Waals surface area contributed by atoms with Crippen LogP contribution in [0.2, 0.25) is 5.02 Å². The van der Waals surface area contributed by atoms with Gasteiger partial charge in [0.2, 0.25) is 15.9 Å². The van der Waals surface area contributed by atoms with Crippen molar-refractivity contribution in [2.24, 2.45) is 0 Å². The molecule has 9 heteroatoms. The summed E-state index contributed by atoms with van der Waals surface area (Å²) in [6.07, 6.45) is 0. The molecule has 0 atom stereocenters. The van der Waals surface area contributed by atoms with E-state index in [4.69, 9.17) is 11.6 Å². The first-order valence-corrected chi connectivity index (χ1v) is 18.2. The van der Waals surface area contributed by atoms with Gasteiger partial charge in [0, 0.05) is 28.9 Å². The van der Waals surface area contributed by atoms with Gasteiger partial charge < -0.3 is 15.1 Å². The van der Waals surface area contributed by atoms with Crippen molar-refractivity contribution in [1.29, 1.82) is 0 Å². The lowest BCUT2D eigenvalue weighted by molar-refractivity contribution is -0.119. The molecule has 4 aromatic rings. The molecule has 0 aromatic heterocycles. The molecule has 49 heavy (non-hydrogen) atoms. The van der Waals surface area contributed by atoms with Gasteiger partial charge in [0.05, 0.1) is 24.6 Å². The first kappa shape index (κ1) is 38.1. The van der Waals surface area contributed by atoms with Gasteiger partial charge in [-0.25, -0.2) is 8.42 Å².